The summed E-state index contributed by atoms with van der Waals surface area (Å²) in [5.41, 5.74) is 5.62. The van der Waals surface area contributed by atoms with E-state index in [0.717, 1.165) is 12.4 Å². The fourth-order valence-electron chi connectivity index (χ4n) is 0.795. The van der Waals surface area contributed by atoms with Gasteiger partial charge in [0, 0.05) is 6.07 Å². The number of nitrogens with two attached hydrogens (primary N) is 1. The number of anilines is 1. The van der Waals surface area contributed by atoms with E-state index in [0.29, 0.717) is 0 Å². The lowest BCUT2D eigenvalue weighted by atomic mass is 10.4. The van der Waals surface area contributed by atoms with E-state index in [1.807, 2.05) is 35.0 Å². The third-order valence-corrected chi connectivity index (χ3v) is 1.30. The number of hydrogen-bond donors (Lipinski definition) is 1. The summed E-state index contributed by atoms with van der Waals surface area (Å²) in [5, 5.41) is 0. The number of nitrogen functional groups attached to an aromatic ring is 1. The van der Waals surface area contributed by atoms with Crippen molar-refractivity contribution in [1.82, 2.24) is 0 Å². The molecule has 0 aliphatic heterocycles. The van der Waals surface area contributed by atoms with Crippen LogP contribution in [0.25, 0.3) is 0 Å². The van der Waals surface area contributed by atoms with Gasteiger partial charge >= 0.3 is 0 Å². The monoisotopic (exact) mass is 215 g/mol. The first-order chi connectivity index (χ1) is 4.84. The highest BCUT2D eigenvalue weighted by molar-refractivity contribution is 8.93. The molecule has 60 valence electrons. The minimum Gasteiger partial charge on any atom is -0.287 e. The molecular weight excluding hydrogens is 204 g/mol. The van der Waals surface area contributed by atoms with E-state index in [4.69, 9.17) is 5.73 Å². The van der Waals surface area contributed by atoms with E-state index in [1.165, 1.54) is 0 Å². The second kappa shape index (κ2) is 4.91. The van der Waals surface area contributed by atoms with Gasteiger partial charge in [-0.3, -0.25) is 5.73 Å². The lowest BCUT2D eigenvalue weighted by Gasteiger charge is -1.96. The van der Waals surface area contributed by atoms with Gasteiger partial charge in [-0.1, -0.05) is 18.7 Å². The lowest BCUT2D eigenvalue weighted by molar-refractivity contribution is -0.672. The molecule has 1 aromatic rings. The number of rotatable bonds is 2. The van der Waals surface area contributed by atoms with Crippen LogP contribution in [0.4, 0.5) is 5.82 Å². The molecule has 0 saturated heterocycles. The van der Waals surface area contributed by atoms with E-state index in [-0.39, 0.29) is 17.0 Å². The van der Waals surface area contributed by atoms with E-state index < -0.39 is 0 Å². The molecule has 0 bridgehead atoms. The quantitative estimate of drug-likeness (QED) is 0.586. The Labute approximate surface area is 77.1 Å². The summed E-state index contributed by atoms with van der Waals surface area (Å²) in [6.45, 7) is 4.39. The fraction of sp³-hybridized carbons (Fsp3) is 0.125. The summed E-state index contributed by atoms with van der Waals surface area (Å²) in [7, 11) is 0. The van der Waals surface area contributed by atoms with Crippen LogP contribution in [0.5, 0.6) is 0 Å². The molecule has 1 rings (SSSR count). The average molecular weight is 216 g/mol. The Bertz CT molecular complexity index is 235. The highest BCUT2D eigenvalue weighted by atomic mass is 79.9. The van der Waals surface area contributed by atoms with Gasteiger partial charge in [-0.05, 0) is 6.07 Å². The SMILES string of the molecule is Br.C=CC[n+]1ccccc1N. The molecule has 0 atom stereocenters. The van der Waals surface area contributed by atoms with Crippen molar-refractivity contribution in [3.63, 3.8) is 0 Å². The molecular formula is C8H12BrN2+. The molecule has 0 unspecified atom stereocenters. The van der Waals surface area contributed by atoms with Crippen molar-refractivity contribution in [3.8, 4) is 0 Å². The number of pyridine rings is 1. The maximum Gasteiger partial charge on any atom is 0.272 e. The van der Waals surface area contributed by atoms with Crippen LogP contribution in [-0.4, -0.2) is 0 Å². The van der Waals surface area contributed by atoms with Crippen LogP contribution >= 0.6 is 17.0 Å². The summed E-state index contributed by atoms with van der Waals surface area (Å²) in [4.78, 5) is 0. The zero-order chi connectivity index (χ0) is 7.40. The summed E-state index contributed by atoms with van der Waals surface area (Å²) in [6, 6.07) is 5.72. The molecule has 0 radical (unpaired) electrons. The number of halogens is 1. The van der Waals surface area contributed by atoms with Crippen molar-refractivity contribution in [2.45, 2.75) is 6.54 Å². The minimum absolute atomic E-state index is 0. The Morgan fingerprint density at radius 1 is 1.55 bits per heavy atom. The minimum atomic E-state index is 0. The molecule has 2 N–H and O–H groups in total. The number of nitrogens with zero attached hydrogens (tertiary/aromatic N) is 1. The summed E-state index contributed by atoms with van der Waals surface area (Å²) < 4.78 is 1.92. The molecule has 1 aromatic heterocycles. The summed E-state index contributed by atoms with van der Waals surface area (Å²) in [6.07, 6.45) is 3.74. The molecule has 0 aliphatic carbocycles. The highest BCUT2D eigenvalue weighted by Crippen LogP contribution is 1.89. The van der Waals surface area contributed by atoms with E-state index in [9.17, 15) is 0 Å². The normalized spacial score (nSPS) is 8.36. The van der Waals surface area contributed by atoms with Gasteiger partial charge < -0.3 is 0 Å². The first-order valence-corrected chi connectivity index (χ1v) is 3.19. The molecule has 1 heterocycles. The maximum absolute atomic E-state index is 5.62. The van der Waals surface area contributed by atoms with Gasteiger partial charge in [-0.15, -0.1) is 17.0 Å². The standard InChI is InChI=1S/C8H10N2.BrH/c1-2-6-10-7-4-3-5-8(10)9;/h2-5,7,9H,1,6H2;1H/p+1. The van der Waals surface area contributed by atoms with Gasteiger partial charge in [-0.25, -0.2) is 4.57 Å². The zero-order valence-corrected chi connectivity index (χ0v) is 7.95. The van der Waals surface area contributed by atoms with Crippen molar-refractivity contribution >= 4 is 22.8 Å². The largest absolute Gasteiger partial charge is 0.287 e. The Hall–Kier alpha value is -0.830. The van der Waals surface area contributed by atoms with Gasteiger partial charge in [0.05, 0.1) is 6.20 Å². The van der Waals surface area contributed by atoms with Crippen LogP contribution in [0, 0.1) is 0 Å². The van der Waals surface area contributed by atoms with Gasteiger partial charge in [0.1, 0.15) is 6.54 Å². The Balaban J connectivity index is 0.000001000. The van der Waals surface area contributed by atoms with Crippen LogP contribution in [-0.2, 0) is 6.54 Å². The third kappa shape index (κ3) is 2.72. The summed E-state index contributed by atoms with van der Waals surface area (Å²) in [5.74, 6) is 0.766. The first-order valence-electron chi connectivity index (χ1n) is 3.19. The second-order valence-corrected chi connectivity index (χ2v) is 2.07. The van der Waals surface area contributed by atoms with Crippen LogP contribution in [0.2, 0.25) is 0 Å². The van der Waals surface area contributed by atoms with Gasteiger partial charge in [0.25, 0.3) is 5.82 Å². The Morgan fingerprint density at radius 3 is 2.82 bits per heavy atom. The molecule has 11 heavy (non-hydrogen) atoms. The van der Waals surface area contributed by atoms with E-state index >= 15 is 0 Å². The lowest BCUT2D eigenvalue weighted by Crippen LogP contribution is -2.35. The molecule has 2 nitrogen and oxygen atoms in total. The first kappa shape index (κ1) is 10.2. The Kier molecular flexibility index (Phi) is 4.54. The predicted octanol–water partition coefficient (Wildman–Crippen LogP) is 1.32. The summed E-state index contributed by atoms with van der Waals surface area (Å²) >= 11 is 0. The molecule has 0 aromatic carbocycles. The molecule has 0 fully saturated rings. The molecule has 0 spiro atoms. The van der Waals surface area contributed by atoms with Crippen molar-refractivity contribution in [3.05, 3.63) is 37.1 Å². The molecule has 3 heteroatoms. The molecule has 0 amide bonds. The topological polar surface area (TPSA) is 29.9 Å². The van der Waals surface area contributed by atoms with Crippen molar-refractivity contribution in [2.24, 2.45) is 0 Å². The molecule has 0 aliphatic rings. The number of aromatic nitrogens is 1. The van der Waals surface area contributed by atoms with Crippen LogP contribution in [0.3, 0.4) is 0 Å². The van der Waals surface area contributed by atoms with Gasteiger partial charge in [-0.2, -0.15) is 0 Å². The zero-order valence-electron chi connectivity index (χ0n) is 6.23. The second-order valence-electron chi connectivity index (χ2n) is 2.07. The van der Waals surface area contributed by atoms with Crippen LogP contribution in [0.15, 0.2) is 37.1 Å². The fourth-order valence-corrected chi connectivity index (χ4v) is 0.795. The van der Waals surface area contributed by atoms with Crippen molar-refractivity contribution in [1.29, 1.82) is 0 Å². The maximum atomic E-state index is 5.62. The third-order valence-electron chi connectivity index (χ3n) is 1.30. The van der Waals surface area contributed by atoms with Gasteiger partial charge in [0.15, 0.2) is 0 Å². The Morgan fingerprint density at radius 2 is 2.27 bits per heavy atom. The van der Waals surface area contributed by atoms with Crippen molar-refractivity contribution in [2.75, 3.05) is 5.73 Å². The number of hydrogen-bond acceptors (Lipinski definition) is 1. The highest BCUT2D eigenvalue weighted by Gasteiger charge is 1.96. The predicted molar refractivity (Wildman–Crippen MR) is 51.6 cm³/mol. The number of allylic oxidation sites excluding steroid dienone is 1. The van der Waals surface area contributed by atoms with Crippen LogP contribution < -0.4 is 10.3 Å². The van der Waals surface area contributed by atoms with Crippen molar-refractivity contribution < 1.29 is 4.57 Å². The average Bonchev–Trinajstić information content (AvgIpc) is 1.94. The van der Waals surface area contributed by atoms with E-state index in [1.54, 1.807) is 0 Å². The molecule has 0 saturated carbocycles. The van der Waals surface area contributed by atoms with Crippen LogP contribution in [0.1, 0.15) is 0 Å². The van der Waals surface area contributed by atoms with E-state index in [2.05, 4.69) is 6.58 Å². The van der Waals surface area contributed by atoms with Gasteiger partial charge in [0.2, 0.25) is 0 Å². The smallest absolute Gasteiger partial charge is 0.272 e.